The summed E-state index contributed by atoms with van der Waals surface area (Å²) in [5, 5.41) is 9.15. The number of hydrogen-bond donors (Lipinski definition) is 0. The quantitative estimate of drug-likeness (QED) is 0.715. The SMILES string of the molecule is CN1C(=O)C23CC(C#N)C(c4ccc5c(c4)OCO5)N2C(=O)C1S3.COC. The van der Waals surface area contributed by atoms with E-state index in [0.717, 1.165) is 5.56 Å². The van der Waals surface area contributed by atoms with Gasteiger partial charge in [0, 0.05) is 27.7 Å². The molecule has 0 saturated carbocycles. The Balaban J connectivity index is 0.000000565. The number of benzene rings is 1. The molecule has 3 saturated heterocycles. The molecule has 5 rings (SSSR count). The number of likely N-dealkylation sites (N-methyl/N-ethyl adjacent to an activating group) is 1. The highest BCUT2D eigenvalue weighted by molar-refractivity contribution is 8.03. The van der Waals surface area contributed by atoms with Crippen LogP contribution < -0.4 is 9.47 Å². The van der Waals surface area contributed by atoms with Gasteiger partial charge in [0.2, 0.25) is 6.79 Å². The number of carbonyl (C=O) groups excluding carboxylic acids is 2. The normalized spacial score (nSPS) is 32.3. The molecule has 9 heteroatoms. The van der Waals surface area contributed by atoms with Gasteiger partial charge in [-0.2, -0.15) is 5.26 Å². The number of nitriles is 1. The fourth-order valence-corrected chi connectivity index (χ4v) is 5.82. The molecule has 0 radical (unpaired) electrons. The Hall–Kier alpha value is -2.44. The molecule has 4 aliphatic heterocycles. The minimum absolute atomic E-state index is 0.0828. The topological polar surface area (TPSA) is 92.1 Å². The molecule has 0 aliphatic carbocycles. The third-order valence-electron chi connectivity index (χ3n) is 5.21. The van der Waals surface area contributed by atoms with E-state index in [9.17, 15) is 14.9 Å². The minimum Gasteiger partial charge on any atom is -0.454 e. The number of amides is 2. The highest BCUT2D eigenvalue weighted by atomic mass is 32.2. The number of nitrogens with zero attached hydrogens (tertiary/aromatic N) is 3. The number of rotatable bonds is 1. The first-order chi connectivity index (χ1) is 13.0. The van der Waals surface area contributed by atoms with E-state index in [1.165, 1.54) is 16.7 Å². The van der Waals surface area contributed by atoms with Crippen molar-refractivity contribution in [3.05, 3.63) is 23.8 Å². The Morgan fingerprint density at radius 2 is 2.00 bits per heavy atom. The number of thioether (sulfide) groups is 1. The van der Waals surface area contributed by atoms with Crippen LogP contribution in [0.3, 0.4) is 0 Å². The Kier molecular flexibility index (Phi) is 4.20. The van der Waals surface area contributed by atoms with E-state index in [0.29, 0.717) is 17.9 Å². The second-order valence-electron chi connectivity index (χ2n) is 6.78. The number of fused-ring (bicyclic) bond motifs is 2. The zero-order valence-corrected chi connectivity index (χ0v) is 16.0. The summed E-state index contributed by atoms with van der Waals surface area (Å²) in [5.74, 6) is 0.652. The summed E-state index contributed by atoms with van der Waals surface area (Å²) in [6, 6.07) is 7.30. The fourth-order valence-electron chi connectivity index (χ4n) is 4.15. The lowest BCUT2D eigenvalue weighted by molar-refractivity contribution is -0.154. The zero-order valence-electron chi connectivity index (χ0n) is 15.2. The summed E-state index contributed by atoms with van der Waals surface area (Å²) in [7, 11) is 4.90. The molecule has 1 aromatic rings. The van der Waals surface area contributed by atoms with Crippen molar-refractivity contribution in [1.29, 1.82) is 5.26 Å². The molecule has 0 N–H and O–H groups in total. The summed E-state index contributed by atoms with van der Waals surface area (Å²) in [5.41, 5.74) is 0.805. The van der Waals surface area contributed by atoms with E-state index in [1.54, 1.807) is 32.2 Å². The second-order valence-corrected chi connectivity index (χ2v) is 8.14. The van der Waals surface area contributed by atoms with E-state index < -0.39 is 22.2 Å². The van der Waals surface area contributed by atoms with Crippen LogP contribution in [0, 0.1) is 17.2 Å². The maximum Gasteiger partial charge on any atom is 0.260 e. The van der Waals surface area contributed by atoms with E-state index in [1.807, 2.05) is 12.1 Å². The first-order valence-electron chi connectivity index (χ1n) is 8.46. The summed E-state index contributed by atoms with van der Waals surface area (Å²) in [6.45, 7) is 0.166. The number of piperazine rings is 1. The van der Waals surface area contributed by atoms with Crippen molar-refractivity contribution in [1.82, 2.24) is 9.80 Å². The fraction of sp³-hybridized carbons (Fsp3) is 0.500. The molecule has 0 aromatic heterocycles. The largest absolute Gasteiger partial charge is 0.454 e. The highest BCUT2D eigenvalue weighted by Crippen LogP contribution is 2.62. The van der Waals surface area contributed by atoms with Crippen LogP contribution in [-0.4, -0.2) is 59.9 Å². The number of hydrogen-bond acceptors (Lipinski definition) is 7. The maximum absolute atomic E-state index is 12.8. The minimum atomic E-state index is -0.933. The molecular formula is C18H19N3O5S. The lowest BCUT2D eigenvalue weighted by Crippen LogP contribution is -2.56. The van der Waals surface area contributed by atoms with Gasteiger partial charge >= 0.3 is 0 Å². The van der Waals surface area contributed by atoms with Crippen LogP contribution in [0.2, 0.25) is 0 Å². The van der Waals surface area contributed by atoms with Gasteiger partial charge in [0.25, 0.3) is 11.8 Å². The van der Waals surface area contributed by atoms with Crippen molar-refractivity contribution in [2.75, 3.05) is 28.1 Å². The predicted octanol–water partition coefficient (Wildman–Crippen LogP) is 1.33. The van der Waals surface area contributed by atoms with Crippen LogP contribution >= 0.6 is 11.8 Å². The molecule has 4 unspecified atom stereocenters. The van der Waals surface area contributed by atoms with Crippen LogP contribution in [0.5, 0.6) is 11.5 Å². The average molecular weight is 389 g/mol. The van der Waals surface area contributed by atoms with Crippen LogP contribution in [-0.2, 0) is 14.3 Å². The van der Waals surface area contributed by atoms with Gasteiger partial charge < -0.3 is 24.0 Å². The van der Waals surface area contributed by atoms with Crippen LogP contribution in [0.25, 0.3) is 0 Å². The summed E-state index contributed by atoms with van der Waals surface area (Å²) in [4.78, 5) is 27.7. The molecule has 8 nitrogen and oxygen atoms in total. The molecule has 1 spiro atoms. The molecule has 2 amide bonds. The van der Waals surface area contributed by atoms with Gasteiger partial charge in [0.05, 0.1) is 18.0 Å². The van der Waals surface area contributed by atoms with Crippen LogP contribution in [0.4, 0.5) is 0 Å². The van der Waals surface area contributed by atoms with Gasteiger partial charge in [-0.05, 0) is 17.7 Å². The summed E-state index contributed by atoms with van der Waals surface area (Å²) >= 11 is 1.36. The smallest absolute Gasteiger partial charge is 0.260 e. The van der Waals surface area contributed by atoms with Crippen molar-refractivity contribution in [2.45, 2.75) is 22.7 Å². The molecule has 142 valence electrons. The monoisotopic (exact) mass is 389 g/mol. The first-order valence-corrected chi connectivity index (χ1v) is 9.34. The third-order valence-corrected chi connectivity index (χ3v) is 6.88. The van der Waals surface area contributed by atoms with Crippen molar-refractivity contribution in [2.24, 2.45) is 5.92 Å². The lowest BCUT2D eigenvalue weighted by atomic mass is 9.94. The van der Waals surface area contributed by atoms with E-state index in [2.05, 4.69) is 10.8 Å². The Labute approximate surface area is 160 Å². The van der Waals surface area contributed by atoms with Crippen molar-refractivity contribution >= 4 is 23.6 Å². The third kappa shape index (κ3) is 2.33. The maximum atomic E-state index is 12.8. The first kappa shape index (κ1) is 17.9. The molecule has 4 aliphatic rings. The zero-order chi connectivity index (χ0) is 19.3. The molecule has 3 fully saturated rings. The Morgan fingerprint density at radius 1 is 1.30 bits per heavy atom. The molecule has 4 atom stereocenters. The van der Waals surface area contributed by atoms with Gasteiger partial charge in [-0.1, -0.05) is 17.8 Å². The van der Waals surface area contributed by atoms with Crippen molar-refractivity contribution in [3.63, 3.8) is 0 Å². The molecule has 2 bridgehead atoms. The lowest BCUT2D eigenvalue weighted by Gasteiger charge is -2.36. The van der Waals surface area contributed by atoms with Gasteiger partial charge in [0.15, 0.2) is 21.7 Å². The Bertz CT molecular complexity index is 856. The standard InChI is InChI=1S/C16H13N3O4S.C2H6O/c1-18-14-13(20)19-12(8-2-3-10-11(4-8)23-7-22-10)9(6-17)5-16(19,24-14)15(18)21;1-3-2/h2-4,9,12,14H,5,7H2,1H3;1-2H3. The van der Waals surface area contributed by atoms with Crippen molar-refractivity contribution < 1.29 is 23.8 Å². The second kappa shape index (κ2) is 6.32. The molecule has 4 heterocycles. The number of ether oxygens (including phenoxy) is 3. The predicted molar refractivity (Wildman–Crippen MR) is 95.7 cm³/mol. The van der Waals surface area contributed by atoms with E-state index >= 15 is 0 Å². The Morgan fingerprint density at radius 3 is 2.70 bits per heavy atom. The van der Waals surface area contributed by atoms with E-state index in [-0.39, 0.29) is 18.6 Å². The van der Waals surface area contributed by atoms with Gasteiger partial charge in [-0.3, -0.25) is 9.59 Å². The van der Waals surface area contributed by atoms with Crippen molar-refractivity contribution in [3.8, 4) is 17.6 Å². The molecule has 1 aromatic carbocycles. The van der Waals surface area contributed by atoms with Gasteiger partial charge in [-0.15, -0.1) is 0 Å². The van der Waals surface area contributed by atoms with Gasteiger partial charge in [0.1, 0.15) is 0 Å². The summed E-state index contributed by atoms with van der Waals surface area (Å²) in [6.07, 6.45) is 0.360. The number of carbonyl (C=O) groups is 2. The van der Waals surface area contributed by atoms with E-state index in [4.69, 9.17) is 9.47 Å². The molecule has 27 heavy (non-hydrogen) atoms. The van der Waals surface area contributed by atoms with Crippen LogP contribution in [0.15, 0.2) is 18.2 Å². The van der Waals surface area contributed by atoms with Crippen LogP contribution in [0.1, 0.15) is 18.0 Å². The average Bonchev–Trinajstić information content (AvgIpc) is 3.37. The number of methoxy groups -OCH3 is 1. The molecular weight excluding hydrogens is 370 g/mol. The van der Waals surface area contributed by atoms with Gasteiger partial charge in [-0.25, -0.2) is 0 Å². The highest BCUT2D eigenvalue weighted by Gasteiger charge is 2.72. The summed E-state index contributed by atoms with van der Waals surface area (Å²) < 4.78 is 15.0.